The van der Waals surface area contributed by atoms with Crippen molar-refractivity contribution in [3.8, 4) is 0 Å². The lowest BCUT2D eigenvalue weighted by atomic mass is 9.99. The SMILES string of the molecule is Nc1ncnc2c1ncn2CC(=O)Nc1ccc2c(c1F)CCNC2. The molecule has 1 aliphatic heterocycles. The summed E-state index contributed by atoms with van der Waals surface area (Å²) in [5, 5.41) is 5.81. The molecule has 4 rings (SSSR count). The van der Waals surface area contributed by atoms with Gasteiger partial charge in [0, 0.05) is 6.54 Å². The van der Waals surface area contributed by atoms with Crippen molar-refractivity contribution in [2.75, 3.05) is 17.6 Å². The zero-order valence-corrected chi connectivity index (χ0v) is 13.3. The molecule has 8 nitrogen and oxygen atoms in total. The van der Waals surface area contributed by atoms with Gasteiger partial charge in [-0.15, -0.1) is 0 Å². The molecule has 2 aromatic heterocycles. The number of halogens is 1. The van der Waals surface area contributed by atoms with Crippen LogP contribution in [0.2, 0.25) is 0 Å². The first kappa shape index (κ1) is 15.5. The standard InChI is InChI=1S/C16H16FN7O/c17-13-10-3-4-19-5-9(10)1-2-11(13)23-12(25)6-24-8-22-14-15(18)20-7-21-16(14)24/h1-2,7-8,19H,3-6H2,(H,23,25)(H2,18,20,21). The Morgan fingerprint density at radius 2 is 2.24 bits per heavy atom. The second-order valence-corrected chi connectivity index (χ2v) is 5.84. The van der Waals surface area contributed by atoms with E-state index in [2.05, 4.69) is 25.6 Å². The summed E-state index contributed by atoms with van der Waals surface area (Å²) >= 11 is 0. The predicted octanol–water partition coefficient (Wildman–Crippen LogP) is 0.832. The van der Waals surface area contributed by atoms with Crippen LogP contribution in [0.25, 0.3) is 11.2 Å². The largest absolute Gasteiger partial charge is 0.382 e. The van der Waals surface area contributed by atoms with Gasteiger partial charge in [-0.25, -0.2) is 19.3 Å². The van der Waals surface area contributed by atoms with E-state index in [4.69, 9.17) is 5.73 Å². The minimum absolute atomic E-state index is 0.0506. The normalized spacial score (nSPS) is 13.6. The van der Waals surface area contributed by atoms with Crippen LogP contribution >= 0.6 is 0 Å². The smallest absolute Gasteiger partial charge is 0.244 e. The molecule has 9 heteroatoms. The number of nitrogen functional groups attached to an aromatic ring is 1. The van der Waals surface area contributed by atoms with Gasteiger partial charge in [-0.1, -0.05) is 6.07 Å². The number of hydrogen-bond donors (Lipinski definition) is 3. The maximum Gasteiger partial charge on any atom is 0.244 e. The van der Waals surface area contributed by atoms with Gasteiger partial charge in [0.25, 0.3) is 0 Å². The van der Waals surface area contributed by atoms with Crippen LogP contribution in [-0.2, 0) is 24.3 Å². The van der Waals surface area contributed by atoms with E-state index in [1.165, 1.54) is 12.7 Å². The molecule has 0 saturated heterocycles. The number of nitrogens with zero attached hydrogens (tertiary/aromatic N) is 4. The molecule has 0 unspecified atom stereocenters. The summed E-state index contributed by atoms with van der Waals surface area (Å²) in [6, 6.07) is 3.42. The van der Waals surface area contributed by atoms with E-state index in [-0.39, 0.29) is 29.8 Å². The first-order valence-corrected chi connectivity index (χ1v) is 7.85. The topological polar surface area (TPSA) is 111 Å². The third-order valence-corrected chi connectivity index (χ3v) is 4.23. The Morgan fingerprint density at radius 1 is 1.36 bits per heavy atom. The number of hydrogen-bond acceptors (Lipinski definition) is 6. The number of aromatic nitrogens is 4. The molecule has 3 aromatic rings. The maximum absolute atomic E-state index is 14.6. The maximum atomic E-state index is 14.6. The van der Waals surface area contributed by atoms with Crippen molar-refractivity contribution in [2.24, 2.45) is 0 Å². The summed E-state index contributed by atoms with van der Waals surface area (Å²) < 4.78 is 16.1. The van der Waals surface area contributed by atoms with Gasteiger partial charge in [0.05, 0.1) is 12.0 Å². The summed E-state index contributed by atoms with van der Waals surface area (Å²) in [5.41, 5.74) is 8.38. The molecule has 128 valence electrons. The number of carbonyl (C=O) groups excluding carboxylic acids is 1. The van der Waals surface area contributed by atoms with Gasteiger partial charge in [0.15, 0.2) is 11.5 Å². The van der Waals surface area contributed by atoms with E-state index in [1.807, 2.05) is 6.07 Å². The van der Waals surface area contributed by atoms with Crippen LogP contribution in [0.3, 0.4) is 0 Å². The van der Waals surface area contributed by atoms with E-state index in [9.17, 15) is 9.18 Å². The molecule has 1 amide bonds. The lowest BCUT2D eigenvalue weighted by molar-refractivity contribution is -0.116. The lowest BCUT2D eigenvalue weighted by Crippen LogP contribution is -2.25. The molecular formula is C16H16FN7O. The molecular weight excluding hydrogens is 325 g/mol. The van der Waals surface area contributed by atoms with Crippen LogP contribution in [0.15, 0.2) is 24.8 Å². The van der Waals surface area contributed by atoms with Crippen LogP contribution in [-0.4, -0.2) is 32.0 Å². The van der Waals surface area contributed by atoms with Gasteiger partial charge in [0.2, 0.25) is 5.91 Å². The van der Waals surface area contributed by atoms with Gasteiger partial charge in [-0.2, -0.15) is 0 Å². The van der Waals surface area contributed by atoms with Crippen molar-refractivity contribution in [3.05, 3.63) is 41.7 Å². The van der Waals surface area contributed by atoms with Gasteiger partial charge < -0.3 is 20.9 Å². The average molecular weight is 341 g/mol. The number of anilines is 2. The fraction of sp³-hybridized carbons (Fsp3) is 0.250. The summed E-state index contributed by atoms with van der Waals surface area (Å²) in [5.74, 6) is -0.489. The highest BCUT2D eigenvalue weighted by Crippen LogP contribution is 2.24. The minimum Gasteiger partial charge on any atom is -0.382 e. The third-order valence-electron chi connectivity index (χ3n) is 4.23. The van der Waals surface area contributed by atoms with Crippen LogP contribution < -0.4 is 16.4 Å². The molecule has 0 radical (unpaired) electrons. The Balaban J connectivity index is 1.55. The van der Waals surface area contributed by atoms with Crippen LogP contribution in [0.1, 0.15) is 11.1 Å². The quantitative estimate of drug-likeness (QED) is 0.651. The molecule has 1 aromatic carbocycles. The molecule has 0 fully saturated rings. The van der Waals surface area contributed by atoms with E-state index in [0.29, 0.717) is 29.7 Å². The van der Waals surface area contributed by atoms with Crippen molar-refractivity contribution in [2.45, 2.75) is 19.5 Å². The number of rotatable bonds is 3. The van der Waals surface area contributed by atoms with Crippen molar-refractivity contribution in [1.82, 2.24) is 24.8 Å². The molecule has 1 aliphatic rings. The van der Waals surface area contributed by atoms with Crippen LogP contribution in [0.4, 0.5) is 15.9 Å². The lowest BCUT2D eigenvalue weighted by Gasteiger charge is -2.19. The Kier molecular flexibility index (Phi) is 3.77. The number of amides is 1. The van der Waals surface area contributed by atoms with Crippen molar-refractivity contribution < 1.29 is 9.18 Å². The van der Waals surface area contributed by atoms with Crippen LogP contribution in [0, 0.1) is 5.82 Å². The van der Waals surface area contributed by atoms with E-state index < -0.39 is 0 Å². The zero-order chi connectivity index (χ0) is 17.4. The summed E-state index contributed by atoms with van der Waals surface area (Å²) in [6.45, 7) is 1.32. The molecule has 0 saturated carbocycles. The van der Waals surface area contributed by atoms with E-state index in [0.717, 1.165) is 12.1 Å². The molecule has 0 spiro atoms. The highest BCUT2D eigenvalue weighted by molar-refractivity contribution is 5.92. The Morgan fingerprint density at radius 3 is 3.12 bits per heavy atom. The molecule has 4 N–H and O–H groups in total. The number of nitrogens with one attached hydrogen (secondary N) is 2. The average Bonchev–Trinajstić information content (AvgIpc) is 3.02. The second kappa shape index (κ2) is 6.10. The number of nitrogens with two attached hydrogens (primary N) is 1. The summed E-state index contributed by atoms with van der Waals surface area (Å²) in [4.78, 5) is 24.4. The summed E-state index contributed by atoms with van der Waals surface area (Å²) in [6.07, 6.45) is 3.38. The summed E-state index contributed by atoms with van der Waals surface area (Å²) in [7, 11) is 0. The molecule has 0 atom stereocenters. The number of fused-ring (bicyclic) bond motifs is 2. The molecule has 0 aliphatic carbocycles. The Labute approximate surface area is 142 Å². The first-order chi connectivity index (χ1) is 12.1. The van der Waals surface area contributed by atoms with Gasteiger partial charge >= 0.3 is 0 Å². The second-order valence-electron chi connectivity index (χ2n) is 5.84. The Bertz CT molecular complexity index is 969. The zero-order valence-electron chi connectivity index (χ0n) is 13.3. The fourth-order valence-corrected chi connectivity index (χ4v) is 2.99. The third kappa shape index (κ3) is 2.78. The van der Waals surface area contributed by atoms with Gasteiger partial charge in [-0.3, -0.25) is 4.79 Å². The molecule has 25 heavy (non-hydrogen) atoms. The first-order valence-electron chi connectivity index (χ1n) is 7.85. The van der Waals surface area contributed by atoms with Gasteiger partial charge in [0.1, 0.15) is 24.2 Å². The number of benzene rings is 1. The molecule has 0 bridgehead atoms. The monoisotopic (exact) mass is 341 g/mol. The fourth-order valence-electron chi connectivity index (χ4n) is 2.99. The van der Waals surface area contributed by atoms with E-state index in [1.54, 1.807) is 10.6 Å². The molecule has 3 heterocycles. The van der Waals surface area contributed by atoms with Crippen molar-refractivity contribution in [1.29, 1.82) is 0 Å². The number of carbonyl (C=O) groups is 1. The van der Waals surface area contributed by atoms with E-state index >= 15 is 0 Å². The predicted molar refractivity (Wildman–Crippen MR) is 90.2 cm³/mol. The highest BCUT2D eigenvalue weighted by atomic mass is 19.1. The van der Waals surface area contributed by atoms with Crippen molar-refractivity contribution >= 4 is 28.6 Å². The number of imidazole rings is 1. The van der Waals surface area contributed by atoms with Crippen LogP contribution in [0.5, 0.6) is 0 Å². The van der Waals surface area contributed by atoms with Crippen molar-refractivity contribution in [3.63, 3.8) is 0 Å². The minimum atomic E-state index is -0.371. The highest BCUT2D eigenvalue weighted by Gasteiger charge is 2.18. The van der Waals surface area contributed by atoms with Gasteiger partial charge in [-0.05, 0) is 30.2 Å². The Hall–Kier alpha value is -3.07.